The number of fused-ring (bicyclic) bond motifs is 1. The van der Waals surface area contributed by atoms with Gasteiger partial charge < -0.3 is 15.0 Å². The van der Waals surface area contributed by atoms with Crippen molar-refractivity contribution in [2.75, 3.05) is 18.5 Å². The van der Waals surface area contributed by atoms with Crippen molar-refractivity contribution < 1.29 is 18.3 Å². The third kappa shape index (κ3) is 3.75. The van der Waals surface area contributed by atoms with E-state index in [1.165, 1.54) is 12.1 Å². The van der Waals surface area contributed by atoms with E-state index >= 15 is 0 Å². The van der Waals surface area contributed by atoms with Crippen molar-refractivity contribution in [3.8, 4) is 5.75 Å². The first-order valence-corrected chi connectivity index (χ1v) is 9.36. The minimum atomic E-state index is -0.622. The Balaban J connectivity index is 1.49. The maximum atomic E-state index is 14.0. The van der Waals surface area contributed by atoms with E-state index in [0.29, 0.717) is 25.1 Å². The van der Waals surface area contributed by atoms with Gasteiger partial charge >= 0.3 is 0 Å². The van der Waals surface area contributed by atoms with Gasteiger partial charge in [-0.2, -0.15) is 0 Å². The number of carbonyl (C=O) groups is 1. The maximum Gasteiger partial charge on any atom is 0.245 e. The number of nitrogens with one attached hydrogen (secondary N) is 1. The fourth-order valence-electron chi connectivity index (χ4n) is 3.78. The van der Waals surface area contributed by atoms with Gasteiger partial charge in [-0.3, -0.25) is 4.79 Å². The summed E-state index contributed by atoms with van der Waals surface area (Å²) in [6, 6.07) is 9.04. The number of benzene rings is 2. The topological polar surface area (TPSA) is 41.6 Å². The molecule has 6 heteroatoms. The second kappa shape index (κ2) is 7.55. The number of hydrogen-bond acceptors (Lipinski definition) is 3. The first-order chi connectivity index (χ1) is 13.1. The molecule has 0 spiro atoms. The molecular weight excluding hydrogens is 350 g/mol. The summed E-state index contributed by atoms with van der Waals surface area (Å²) in [5.41, 5.74) is 2.31. The van der Waals surface area contributed by atoms with Crippen LogP contribution in [0.2, 0.25) is 0 Å². The van der Waals surface area contributed by atoms with Crippen LogP contribution in [0.5, 0.6) is 5.75 Å². The second-order valence-electron chi connectivity index (χ2n) is 7.08. The molecular formula is C21H22F2N2O2. The van der Waals surface area contributed by atoms with Gasteiger partial charge in [0.05, 0.1) is 12.3 Å². The van der Waals surface area contributed by atoms with E-state index in [2.05, 4.69) is 5.32 Å². The Labute approximate surface area is 157 Å². The SMILES string of the molecule is O=C1C(Nc2cccc3c2OCCC3)CCCN1Cc1ccc(F)cc1F. The van der Waals surface area contributed by atoms with Crippen molar-refractivity contribution in [3.05, 3.63) is 59.2 Å². The quantitative estimate of drug-likeness (QED) is 0.885. The number of piperidine rings is 1. The summed E-state index contributed by atoms with van der Waals surface area (Å²) in [6.45, 7) is 1.39. The van der Waals surface area contributed by atoms with Gasteiger partial charge in [0.15, 0.2) is 0 Å². The molecule has 0 radical (unpaired) electrons. The molecule has 1 saturated heterocycles. The number of carbonyl (C=O) groups excluding carboxylic acids is 1. The largest absolute Gasteiger partial charge is 0.491 e. The number of hydrogen-bond donors (Lipinski definition) is 1. The van der Waals surface area contributed by atoms with Crippen LogP contribution in [-0.2, 0) is 17.8 Å². The molecule has 2 aliphatic rings. The van der Waals surface area contributed by atoms with Crippen LogP contribution in [0, 0.1) is 11.6 Å². The molecule has 1 N–H and O–H groups in total. The highest BCUT2D eigenvalue weighted by atomic mass is 19.1. The van der Waals surface area contributed by atoms with Gasteiger partial charge in [-0.1, -0.05) is 18.2 Å². The molecule has 0 aliphatic carbocycles. The number of para-hydroxylation sites is 1. The average Bonchev–Trinajstić information content (AvgIpc) is 2.67. The fraction of sp³-hybridized carbons (Fsp3) is 0.381. The predicted molar refractivity (Wildman–Crippen MR) is 98.7 cm³/mol. The van der Waals surface area contributed by atoms with Crippen molar-refractivity contribution in [2.45, 2.75) is 38.3 Å². The molecule has 27 heavy (non-hydrogen) atoms. The van der Waals surface area contributed by atoms with Crippen LogP contribution in [-0.4, -0.2) is 30.0 Å². The molecule has 2 aliphatic heterocycles. The van der Waals surface area contributed by atoms with Crippen molar-refractivity contribution >= 4 is 11.6 Å². The molecule has 1 fully saturated rings. The summed E-state index contributed by atoms with van der Waals surface area (Å²) in [7, 11) is 0. The lowest BCUT2D eigenvalue weighted by Gasteiger charge is -2.34. The number of anilines is 1. The Bertz CT molecular complexity index is 856. The first-order valence-electron chi connectivity index (χ1n) is 9.36. The van der Waals surface area contributed by atoms with Crippen molar-refractivity contribution in [3.63, 3.8) is 0 Å². The number of rotatable bonds is 4. The highest BCUT2D eigenvalue weighted by Gasteiger charge is 2.30. The number of amides is 1. The van der Waals surface area contributed by atoms with E-state index in [9.17, 15) is 13.6 Å². The molecule has 2 aromatic carbocycles. The summed E-state index contributed by atoms with van der Waals surface area (Å²) in [4.78, 5) is 14.5. The maximum absolute atomic E-state index is 14.0. The molecule has 0 saturated carbocycles. The third-order valence-corrected chi connectivity index (χ3v) is 5.17. The van der Waals surface area contributed by atoms with Gasteiger partial charge in [0.25, 0.3) is 0 Å². The highest BCUT2D eigenvalue weighted by molar-refractivity contribution is 5.86. The van der Waals surface area contributed by atoms with Gasteiger partial charge in [0.1, 0.15) is 23.4 Å². The standard InChI is InChI=1S/C21H22F2N2O2/c22-16-9-8-15(17(23)12-16)13-25-10-2-7-19(21(25)26)24-18-6-1-4-14-5-3-11-27-20(14)18/h1,4,6,8-9,12,19,24H,2-3,5,7,10-11,13H2. The van der Waals surface area contributed by atoms with Gasteiger partial charge in [0.2, 0.25) is 5.91 Å². The Kier molecular flexibility index (Phi) is 4.97. The van der Waals surface area contributed by atoms with Crippen molar-refractivity contribution in [1.82, 2.24) is 4.90 Å². The normalized spacial score (nSPS) is 19.4. The summed E-state index contributed by atoms with van der Waals surface area (Å²) in [5, 5.41) is 3.33. The summed E-state index contributed by atoms with van der Waals surface area (Å²) in [5.74, 6) is -0.477. The molecule has 0 bridgehead atoms. The number of halogens is 2. The van der Waals surface area contributed by atoms with Crippen LogP contribution in [0.4, 0.5) is 14.5 Å². The van der Waals surface area contributed by atoms with Gasteiger partial charge in [-0.05, 0) is 43.4 Å². The Morgan fingerprint density at radius 3 is 2.93 bits per heavy atom. The van der Waals surface area contributed by atoms with E-state index in [1.807, 2.05) is 18.2 Å². The molecule has 2 heterocycles. The number of aryl methyl sites for hydroxylation is 1. The van der Waals surface area contributed by atoms with Crippen LogP contribution in [0.1, 0.15) is 30.4 Å². The van der Waals surface area contributed by atoms with E-state index in [-0.39, 0.29) is 18.5 Å². The summed E-state index contributed by atoms with van der Waals surface area (Å²) in [6.07, 6.45) is 3.50. The molecule has 1 unspecified atom stereocenters. The number of nitrogens with zero attached hydrogens (tertiary/aromatic N) is 1. The summed E-state index contributed by atoms with van der Waals surface area (Å²) >= 11 is 0. The summed E-state index contributed by atoms with van der Waals surface area (Å²) < 4.78 is 32.9. The second-order valence-corrected chi connectivity index (χ2v) is 7.08. The van der Waals surface area contributed by atoms with Crippen LogP contribution in [0.25, 0.3) is 0 Å². The monoisotopic (exact) mass is 372 g/mol. The van der Waals surface area contributed by atoms with Crippen LogP contribution >= 0.6 is 0 Å². The molecule has 1 atom stereocenters. The van der Waals surface area contributed by atoms with Crippen molar-refractivity contribution in [2.24, 2.45) is 0 Å². The highest BCUT2D eigenvalue weighted by Crippen LogP contribution is 2.34. The molecule has 1 amide bonds. The lowest BCUT2D eigenvalue weighted by Crippen LogP contribution is -2.47. The lowest BCUT2D eigenvalue weighted by molar-refractivity contribution is -0.134. The molecule has 4 rings (SSSR count). The number of ether oxygens (including phenoxy) is 1. The van der Waals surface area contributed by atoms with Crippen LogP contribution in [0.15, 0.2) is 36.4 Å². The minimum absolute atomic E-state index is 0.0709. The average molecular weight is 372 g/mol. The lowest BCUT2D eigenvalue weighted by atomic mass is 10.0. The predicted octanol–water partition coefficient (Wildman–Crippen LogP) is 3.89. The molecule has 142 valence electrons. The van der Waals surface area contributed by atoms with Crippen LogP contribution in [0.3, 0.4) is 0 Å². The fourth-order valence-corrected chi connectivity index (χ4v) is 3.78. The van der Waals surface area contributed by atoms with Crippen LogP contribution < -0.4 is 10.1 Å². The Hall–Kier alpha value is -2.63. The number of likely N-dealkylation sites (tertiary alicyclic amines) is 1. The molecule has 2 aromatic rings. The zero-order valence-electron chi connectivity index (χ0n) is 15.0. The Morgan fingerprint density at radius 1 is 1.19 bits per heavy atom. The van der Waals surface area contributed by atoms with Gasteiger partial charge in [-0.25, -0.2) is 8.78 Å². The minimum Gasteiger partial charge on any atom is -0.491 e. The van der Waals surface area contributed by atoms with E-state index < -0.39 is 11.6 Å². The molecule has 4 nitrogen and oxygen atoms in total. The van der Waals surface area contributed by atoms with Crippen molar-refractivity contribution in [1.29, 1.82) is 0 Å². The Morgan fingerprint density at radius 2 is 2.07 bits per heavy atom. The first kappa shape index (κ1) is 17.8. The smallest absolute Gasteiger partial charge is 0.245 e. The third-order valence-electron chi connectivity index (χ3n) is 5.17. The zero-order chi connectivity index (χ0) is 18.8. The zero-order valence-corrected chi connectivity index (χ0v) is 15.0. The van der Waals surface area contributed by atoms with E-state index in [1.54, 1.807) is 4.90 Å². The van der Waals surface area contributed by atoms with Gasteiger partial charge in [0, 0.05) is 24.7 Å². The van der Waals surface area contributed by atoms with Gasteiger partial charge in [-0.15, -0.1) is 0 Å². The molecule has 0 aromatic heterocycles. The van der Waals surface area contributed by atoms with E-state index in [0.717, 1.165) is 42.3 Å². The van der Waals surface area contributed by atoms with E-state index in [4.69, 9.17) is 4.74 Å².